The fraction of sp³-hybridized carbons (Fsp3) is 0.0667. The number of hydrogen-bond acceptors (Lipinski definition) is 5. The molecule has 0 bridgehead atoms. The molecule has 6 nitrogen and oxygen atoms in total. The van der Waals surface area contributed by atoms with Crippen LogP contribution in [0.2, 0.25) is 0 Å². The molecule has 0 atom stereocenters. The van der Waals surface area contributed by atoms with Gasteiger partial charge in [-0.05, 0) is 18.2 Å². The molecule has 0 unspecified atom stereocenters. The Labute approximate surface area is 126 Å². The van der Waals surface area contributed by atoms with Crippen molar-refractivity contribution in [1.29, 1.82) is 0 Å². The number of hydrogen-bond donors (Lipinski definition) is 2. The van der Waals surface area contributed by atoms with Crippen LogP contribution in [0.1, 0.15) is 0 Å². The molecule has 0 aliphatic rings. The summed E-state index contributed by atoms with van der Waals surface area (Å²) in [5.41, 5.74) is 5.76. The number of nitrogens with two attached hydrogens (primary N) is 1. The van der Waals surface area contributed by atoms with E-state index >= 15 is 0 Å². The van der Waals surface area contributed by atoms with E-state index in [1.807, 2.05) is 0 Å². The van der Waals surface area contributed by atoms with Gasteiger partial charge in [-0.2, -0.15) is 0 Å². The number of aromatic nitrogens is 1. The Bertz CT molecular complexity index is 691. The van der Waals surface area contributed by atoms with E-state index in [4.69, 9.17) is 15.2 Å². The van der Waals surface area contributed by atoms with Gasteiger partial charge in [-0.15, -0.1) is 0 Å². The van der Waals surface area contributed by atoms with E-state index in [0.717, 1.165) is 6.07 Å². The van der Waals surface area contributed by atoms with Crippen LogP contribution < -0.4 is 15.8 Å². The molecule has 1 aromatic heterocycles. The molecule has 114 valence electrons. The summed E-state index contributed by atoms with van der Waals surface area (Å²) in [5, 5.41) is 2.41. The summed E-state index contributed by atoms with van der Waals surface area (Å²) in [6.45, 7) is 3.51. The molecule has 2 rings (SSSR count). The van der Waals surface area contributed by atoms with Crippen LogP contribution in [-0.4, -0.2) is 17.7 Å². The minimum Gasteiger partial charge on any atom is -0.454 e. The average molecular weight is 303 g/mol. The summed E-state index contributed by atoms with van der Waals surface area (Å²) in [4.78, 5) is 15.3. The summed E-state index contributed by atoms with van der Waals surface area (Å²) >= 11 is 0. The van der Waals surface area contributed by atoms with Crippen LogP contribution in [0.15, 0.2) is 49.2 Å². The Hall–Kier alpha value is -3.09. The van der Waals surface area contributed by atoms with Crippen molar-refractivity contribution in [3.8, 4) is 11.5 Å². The molecule has 0 spiro atoms. The Morgan fingerprint density at radius 1 is 1.41 bits per heavy atom. The van der Waals surface area contributed by atoms with Gasteiger partial charge in [0.05, 0.1) is 0 Å². The lowest BCUT2D eigenvalue weighted by molar-refractivity contribution is 0.174. The van der Waals surface area contributed by atoms with E-state index in [0.29, 0.717) is 11.4 Å². The lowest BCUT2D eigenvalue weighted by atomic mass is 10.3. The number of carbonyl (C=O) groups excluding carboxylic acids is 1. The second-order valence-corrected chi connectivity index (χ2v) is 4.18. The Morgan fingerprint density at radius 3 is 2.95 bits per heavy atom. The summed E-state index contributed by atoms with van der Waals surface area (Å²) in [6.07, 6.45) is 2.17. The van der Waals surface area contributed by atoms with Gasteiger partial charge < -0.3 is 15.2 Å². The quantitative estimate of drug-likeness (QED) is 0.653. The Kier molecular flexibility index (Phi) is 4.92. The van der Waals surface area contributed by atoms with Gasteiger partial charge in [0.1, 0.15) is 18.2 Å². The van der Waals surface area contributed by atoms with Crippen LogP contribution in [-0.2, 0) is 4.74 Å². The highest BCUT2D eigenvalue weighted by molar-refractivity contribution is 5.83. The van der Waals surface area contributed by atoms with Crippen LogP contribution in [0, 0.1) is 5.82 Å². The SMILES string of the molecule is C=CCOC(=O)Nc1cc(Oc2ccc(N)cc2F)ccn1. The number of carbonyl (C=O) groups is 1. The first-order valence-electron chi connectivity index (χ1n) is 6.32. The number of ether oxygens (including phenoxy) is 2. The van der Waals surface area contributed by atoms with E-state index in [9.17, 15) is 9.18 Å². The van der Waals surface area contributed by atoms with E-state index in [1.54, 1.807) is 0 Å². The normalized spacial score (nSPS) is 9.86. The predicted molar refractivity (Wildman–Crippen MR) is 80.3 cm³/mol. The number of rotatable bonds is 5. The highest BCUT2D eigenvalue weighted by Gasteiger charge is 2.08. The number of nitrogens with one attached hydrogen (secondary N) is 1. The number of nitrogen functional groups attached to an aromatic ring is 1. The number of halogens is 1. The fourth-order valence-corrected chi connectivity index (χ4v) is 1.55. The molecule has 0 aliphatic heterocycles. The predicted octanol–water partition coefficient (Wildman–Crippen LogP) is 3.33. The van der Waals surface area contributed by atoms with E-state index in [2.05, 4.69) is 16.9 Å². The lowest BCUT2D eigenvalue weighted by Gasteiger charge is -2.09. The topological polar surface area (TPSA) is 86.5 Å². The van der Waals surface area contributed by atoms with Gasteiger partial charge in [0.15, 0.2) is 11.6 Å². The fourth-order valence-electron chi connectivity index (χ4n) is 1.55. The monoisotopic (exact) mass is 303 g/mol. The Balaban J connectivity index is 2.08. The van der Waals surface area contributed by atoms with E-state index in [-0.39, 0.29) is 18.2 Å². The first-order valence-corrected chi connectivity index (χ1v) is 6.32. The highest BCUT2D eigenvalue weighted by atomic mass is 19.1. The molecule has 1 amide bonds. The van der Waals surface area contributed by atoms with Gasteiger partial charge in [-0.3, -0.25) is 5.32 Å². The number of amides is 1. The van der Waals surface area contributed by atoms with Gasteiger partial charge in [-0.1, -0.05) is 12.7 Å². The number of pyridine rings is 1. The molecule has 0 aliphatic carbocycles. The molecule has 7 heteroatoms. The lowest BCUT2D eigenvalue weighted by Crippen LogP contribution is -2.14. The van der Waals surface area contributed by atoms with Crippen molar-refractivity contribution in [2.45, 2.75) is 0 Å². The van der Waals surface area contributed by atoms with Crippen molar-refractivity contribution in [3.63, 3.8) is 0 Å². The molecular formula is C15H14FN3O3. The maximum absolute atomic E-state index is 13.7. The van der Waals surface area contributed by atoms with Crippen molar-refractivity contribution in [3.05, 3.63) is 55.0 Å². The van der Waals surface area contributed by atoms with Crippen molar-refractivity contribution in [2.75, 3.05) is 17.7 Å². The second kappa shape index (κ2) is 7.07. The molecular weight excluding hydrogens is 289 g/mol. The van der Waals surface area contributed by atoms with Crippen molar-refractivity contribution >= 4 is 17.6 Å². The summed E-state index contributed by atoms with van der Waals surface area (Å²) in [5.74, 6) is -0.0580. The minimum absolute atomic E-state index is 0.0144. The maximum Gasteiger partial charge on any atom is 0.413 e. The summed E-state index contributed by atoms with van der Waals surface area (Å²) in [7, 11) is 0. The third-order valence-electron chi connectivity index (χ3n) is 2.48. The smallest absolute Gasteiger partial charge is 0.413 e. The zero-order chi connectivity index (χ0) is 15.9. The summed E-state index contributed by atoms with van der Waals surface area (Å²) < 4.78 is 23.8. The van der Waals surface area contributed by atoms with Gasteiger partial charge in [-0.25, -0.2) is 14.2 Å². The van der Waals surface area contributed by atoms with E-state index in [1.165, 1.54) is 36.5 Å². The van der Waals surface area contributed by atoms with Crippen LogP contribution in [0.4, 0.5) is 20.7 Å². The first kappa shape index (κ1) is 15.3. The van der Waals surface area contributed by atoms with E-state index < -0.39 is 11.9 Å². The Morgan fingerprint density at radius 2 is 2.23 bits per heavy atom. The zero-order valence-electron chi connectivity index (χ0n) is 11.6. The highest BCUT2D eigenvalue weighted by Crippen LogP contribution is 2.26. The number of nitrogens with zero attached hydrogens (tertiary/aromatic N) is 1. The molecule has 0 saturated carbocycles. The maximum atomic E-state index is 13.7. The third-order valence-corrected chi connectivity index (χ3v) is 2.48. The largest absolute Gasteiger partial charge is 0.454 e. The molecule has 1 heterocycles. The van der Waals surface area contributed by atoms with Gasteiger partial charge in [0, 0.05) is 24.0 Å². The third kappa shape index (κ3) is 4.20. The zero-order valence-corrected chi connectivity index (χ0v) is 11.6. The molecule has 1 aromatic carbocycles. The van der Waals surface area contributed by atoms with Crippen molar-refractivity contribution < 1.29 is 18.7 Å². The van der Waals surface area contributed by atoms with Gasteiger partial charge >= 0.3 is 6.09 Å². The van der Waals surface area contributed by atoms with Crippen molar-refractivity contribution in [1.82, 2.24) is 4.98 Å². The number of anilines is 2. The van der Waals surface area contributed by atoms with Crippen LogP contribution in [0.25, 0.3) is 0 Å². The average Bonchev–Trinajstić information content (AvgIpc) is 2.48. The summed E-state index contributed by atoms with van der Waals surface area (Å²) in [6, 6.07) is 7.05. The molecule has 0 fully saturated rings. The molecule has 0 radical (unpaired) electrons. The van der Waals surface area contributed by atoms with Crippen LogP contribution in [0.5, 0.6) is 11.5 Å². The second-order valence-electron chi connectivity index (χ2n) is 4.18. The van der Waals surface area contributed by atoms with Crippen LogP contribution >= 0.6 is 0 Å². The molecule has 2 aromatic rings. The standard InChI is InChI=1S/C15H14FN3O3/c1-2-7-21-15(20)19-14-9-11(5-6-18-14)22-13-4-3-10(17)8-12(13)16/h2-6,8-9H,1,7,17H2,(H,18,19,20). The molecule has 22 heavy (non-hydrogen) atoms. The van der Waals surface area contributed by atoms with Crippen molar-refractivity contribution in [2.24, 2.45) is 0 Å². The first-order chi connectivity index (χ1) is 10.6. The molecule has 3 N–H and O–H groups in total. The van der Waals surface area contributed by atoms with Crippen LogP contribution in [0.3, 0.4) is 0 Å². The van der Waals surface area contributed by atoms with Gasteiger partial charge in [0.2, 0.25) is 0 Å². The van der Waals surface area contributed by atoms with Gasteiger partial charge in [0.25, 0.3) is 0 Å². The minimum atomic E-state index is -0.678. The number of benzene rings is 1. The molecule has 0 saturated heterocycles.